The number of benzene rings is 3. The van der Waals surface area contributed by atoms with Gasteiger partial charge in [-0.05, 0) is 29.2 Å². The first-order valence-electron chi connectivity index (χ1n) is 11.9. The Hall–Kier alpha value is -3.77. The van der Waals surface area contributed by atoms with E-state index in [0.29, 0.717) is 18.2 Å². The summed E-state index contributed by atoms with van der Waals surface area (Å²) in [6.45, 7) is 6.07. The highest BCUT2D eigenvalue weighted by Crippen LogP contribution is 2.24. The Kier molecular flexibility index (Phi) is 8.06. The minimum Gasteiger partial charge on any atom is -0.467 e. The van der Waals surface area contributed by atoms with Crippen LogP contribution >= 0.6 is 0 Å². The molecule has 0 bridgehead atoms. The molecule has 1 N–H and O–H groups in total. The first-order chi connectivity index (χ1) is 17.0. The molecular formula is C29H32N4O2. The summed E-state index contributed by atoms with van der Waals surface area (Å²) in [5.74, 6) is 1.07. The third-order valence-corrected chi connectivity index (χ3v) is 5.93. The van der Waals surface area contributed by atoms with E-state index in [2.05, 4.69) is 58.7 Å². The fourth-order valence-electron chi connectivity index (χ4n) is 4.13. The van der Waals surface area contributed by atoms with E-state index in [1.54, 1.807) is 0 Å². The molecule has 1 heterocycles. The van der Waals surface area contributed by atoms with Gasteiger partial charge < -0.3 is 10.1 Å². The molecule has 0 radical (unpaired) electrons. The van der Waals surface area contributed by atoms with E-state index in [4.69, 9.17) is 14.7 Å². The van der Waals surface area contributed by atoms with Gasteiger partial charge in [-0.25, -0.2) is 14.8 Å². The number of nitrogens with zero attached hydrogens (tertiary/aromatic N) is 3. The first-order valence-corrected chi connectivity index (χ1v) is 11.9. The molecule has 6 heteroatoms. The normalized spacial score (nSPS) is 12.1. The summed E-state index contributed by atoms with van der Waals surface area (Å²) in [5.41, 5.74) is 3.30. The lowest BCUT2D eigenvalue weighted by atomic mass is 10.0. The molecule has 0 aliphatic heterocycles. The van der Waals surface area contributed by atoms with Crippen LogP contribution in [0, 0.1) is 5.92 Å². The minimum absolute atomic E-state index is 0.0345. The van der Waals surface area contributed by atoms with Gasteiger partial charge in [0.05, 0.1) is 19.2 Å². The molecule has 1 aromatic heterocycles. The number of para-hydroxylation sites is 1. The maximum Gasteiger partial charge on any atom is 0.328 e. The van der Waals surface area contributed by atoms with Crippen molar-refractivity contribution in [3.05, 3.63) is 102 Å². The molecule has 0 aliphatic rings. The Bertz CT molecular complexity index is 1200. The Balaban J connectivity index is 1.67. The van der Waals surface area contributed by atoms with Crippen LogP contribution in [-0.4, -0.2) is 34.0 Å². The van der Waals surface area contributed by atoms with Gasteiger partial charge in [-0.2, -0.15) is 0 Å². The molecule has 4 aromatic rings. The second-order valence-corrected chi connectivity index (χ2v) is 9.01. The Morgan fingerprint density at radius 2 is 1.40 bits per heavy atom. The summed E-state index contributed by atoms with van der Waals surface area (Å²) in [5, 5.41) is 4.22. The SMILES string of the molecule is COC(=O)[C@@H](Nc1nc(CN(Cc2ccccc2)Cc2ccccc2)nc2ccccc12)C(C)C. The number of carbonyl (C=O) groups excluding carboxylic acids is 1. The van der Waals surface area contributed by atoms with Crippen LogP contribution in [0.3, 0.4) is 0 Å². The van der Waals surface area contributed by atoms with E-state index in [1.165, 1.54) is 18.2 Å². The largest absolute Gasteiger partial charge is 0.467 e. The third kappa shape index (κ3) is 6.43. The summed E-state index contributed by atoms with van der Waals surface area (Å²) >= 11 is 0. The summed E-state index contributed by atoms with van der Waals surface area (Å²) in [6, 6.07) is 28.2. The smallest absolute Gasteiger partial charge is 0.328 e. The maximum atomic E-state index is 12.4. The summed E-state index contributed by atoms with van der Waals surface area (Å²) in [6.07, 6.45) is 0. The zero-order valence-corrected chi connectivity index (χ0v) is 20.5. The lowest BCUT2D eigenvalue weighted by Gasteiger charge is -2.24. The van der Waals surface area contributed by atoms with Gasteiger partial charge in [-0.1, -0.05) is 86.6 Å². The van der Waals surface area contributed by atoms with E-state index in [0.717, 1.165) is 24.0 Å². The molecule has 0 unspecified atom stereocenters. The van der Waals surface area contributed by atoms with Crippen molar-refractivity contribution in [1.29, 1.82) is 0 Å². The molecule has 0 saturated carbocycles. The topological polar surface area (TPSA) is 67.3 Å². The van der Waals surface area contributed by atoms with Crippen molar-refractivity contribution in [3.63, 3.8) is 0 Å². The lowest BCUT2D eigenvalue weighted by molar-refractivity contribution is -0.142. The van der Waals surface area contributed by atoms with Gasteiger partial charge in [0.25, 0.3) is 0 Å². The monoisotopic (exact) mass is 468 g/mol. The summed E-state index contributed by atoms with van der Waals surface area (Å²) < 4.78 is 5.03. The Labute approximate surface area is 207 Å². The molecule has 0 fully saturated rings. The molecule has 6 nitrogen and oxygen atoms in total. The van der Waals surface area contributed by atoms with Gasteiger partial charge >= 0.3 is 5.97 Å². The van der Waals surface area contributed by atoms with Crippen LogP contribution in [0.4, 0.5) is 5.82 Å². The Morgan fingerprint density at radius 3 is 1.97 bits per heavy atom. The van der Waals surface area contributed by atoms with Crippen LogP contribution in [0.2, 0.25) is 0 Å². The highest BCUT2D eigenvalue weighted by atomic mass is 16.5. The van der Waals surface area contributed by atoms with Gasteiger partial charge in [0.1, 0.15) is 17.7 Å². The van der Waals surface area contributed by atoms with Crippen LogP contribution in [-0.2, 0) is 29.2 Å². The number of esters is 1. The van der Waals surface area contributed by atoms with E-state index in [-0.39, 0.29) is 11.9 Å². The van der Waals surface area contributed by atoms with Crippen molar-refractivity contribution in [2.24, 2.45) is 5.92 Å². The van der Waals surface area contributed by atoms with E-state index >= 15 is 0 Å². The number of fused-ring (bicyclic) bond motifs is 1. The average Bonchev–Trinajstić information content (AvgIpc) is 2.87. The molecule has 0 saturated heterocycles. The predicted molar refractivity (Wildman–Crippen MR) is 140 cm³/mol. The molecule has 0 aliphatic carbocycles. The van der Waals surface area contributed by atoms with Crippen molar-refractivity contribution >= 4 is 22.7 Å². The van der Waals surface area contributed by atoms with Crippen molar-refractivity contribution in [2.75, 3.05) is 12.4 Å². The molecule has 0 amide bonds. The van der Waals surface area contributed by atoms with Crippen LogP contribution < -0.4 is 5.32 Å². The number of methoxy groups -OCH3 is 1. The second kappa shape index (κ2) is 11.6. The van der Waals surface area contributed by atoms with Crippen molar-refractivity contribution in [1.82, 2.24) is 14.9 Å². The van der Waals surface area contributed by atoms with Gasteiger partial charge in [0.15, 0.2) is 0 Å². The highest BCUT2D eigenvalue weighted by molar-refractivity contribution is 5.91. The molecule has 4 rings (SSSR count). The number of rotatable bonds is 10. The van der Waals surface area contributed by atoms with Crippen molar-refractivity contribution in [3.8, 4) is 0 Å². The number of hydrogen-bond acceptors (Lipinski definition) is 6. The molecule has 3 aromatic carbocycles. The standard InChI is InChI=1S/C29H32N4O2/c1-21(2)27(29(34)35-3)32-28-24-16-10-11-17-25(24)30-26(31-28)20-33(18-22-12-6-4-7-13-22)19-23-14-8-5-9-15-23/h4-17,21,27H,18-20H2,1-3H3,(H,30,31,32)/t27-/m0/s1. The number of carbonyl (C=O) groups is 1. The average molecular weight is 469 g/mol. The first kappa shape index (κ1) is 24.4. The summed E-state index contributed by atoms with van der Waals surface area (Å²) in [7, 11) is 1.41. The van der Waals surface area contributed by atoms with E-state index in [9.17, 15) is 4.79 Å². The number of hydrogen-bond donors (Lipinski definition) is 1. The van der Waals surface area contributed by atoms with Crippen LogP contribution in [0.1, 0.15) is 30.8 Å². The summed E-state index contributed by atoms with van der Waals surface area (Å²) in [4.78, 5) is 24.5. The van der Waals surface area contributed by atoms with Gasteiger partial charge in [0, 0.05) is 18.5 Å². The fraction of sp³-hybridized carbons (Fsp3) is 0.276. The maximum absolute atomic E-state index is 12.4. The predicted octanol–water partition coefficient (Wildman–Crippen LogP) is 5.44. The molecular weight excluding hydrogens is 436 g/mol. The molecule has 0 spiro atoms. The minimum atomic E-state index is -0.504. The molecule has 35 heavy (non-hydrogen) atoms. The number of aromatic nitrogens is 2. The Morgan fingerprint density at radius 1 is 0.829 bits per heavy atom. The second-order valence-electron chi connectivity index (χ2n) is 9.01. The zero-order chi connectivity index (χ0) is 24.6. The fourth-order valence-corrected chi connectivity index (χ4v) is 4.13. The highest BCUT2D eigenvalue weighted by Gasteiger charge is 2.24. The quantitative estimate of drug-likeness (QED) is 0.313. The van der Waals surface area contributed by atoms with Crippen LogP contribution in [0.25, 0.3) is 10.9 Å². The van der Waals surface area contributed by atoms with E-state index < -0.39 is 6.04 Å². The van der Waals surface area contributed by atoms with Crippen molar-refractivity contribution < 1.29 is 9.53 Å². The van der Waals surface area contributed by atoms with Crippen LogP contribution in [0.5, 0.6) is 0 Å². The van der Waals surface area contributed by atoms with E-state index in [1.807, 2.05) is 50.2 Å². The number of anilines is 1. The molecule has 1 atom stereocenters. The zero-order valence-electron chi connectivity index (χ0n) is 20.5. The van der Waals surface area contributed by atoms with Crippen LogP contribution in [0.15, 0.2) is 84.9 Å². The molecule has 180 valence electrons. The van der Waals surface area contributed by atoms with Gasteiger partial charge in [-0.15, -0.1) is 0 Å². The van der Waals surface area contributed by atoms with Gasteiger partial charge in [0.2, 0.25) is 0 Å². The third-order valence-electron chi connectivity index (χ3n) is 5.93. The number of ether oxygens (including phenoxy) is 1. The number of nitrogens with one attached hydrogen (secondary N) is 1. The lowest BCUT2D eigenvalue weighted by Crippen LogP contribution is -2.36. The van der Waals surface area contributed by atoms with Crippen molar-refractivity contribution in [2.45, 2.75) is 39.5 Å². The van der Waals surface area contributed by atoms with Gasteiger partial charge in [-0.3, -0.25) is 4.90 Å².